The van der Waals surface area contributed by atoms with Crippen LogP contribution in [0.15, 0.2) is 10.9 Å². The average molecular weight is 277 g/mol. The van der Waals surface area contributed by atoms with E-state index in [1.165, 1.54) is 0 Å². The predicted molar refractivity (Wildman–Crippen MR) is 80.2 cm³/mol. The summed E-state index contributed by atoms with van der Waals surface area (Å²) < 4.78 is 6.67. The van der Waals surface area contributed by atoms with Crippen molar-refractivity contribution < 1.29 is 4.74 Å². The maximum atomic E-state index is 12.4. The maximum Gasteiger partial charge on any atom is 0.270 e. The number of hydrogen-bond donors (Lipinski definition) is 0. The summed E-state index contributed by atoms with van der Waals surface area (Å²) in [7, 11) is 1.64. The SMILES string of the molecule is CCN(CC)c1cc(C)n(CCCOC)c(=O)c1C#N. The van der Waals surface area contributed by atoms with Gasteiger partial charge in [0.1, 0.15) is 11.6 Å². The first kappa shape index (κ1) is 16.3. The van der Waals surface area contributed by atoms with E-state index in [-0.39, 0.29) is 11.1 Å². The summed E-state index contributed by atoms with van der Waals surface area (Å²) in [6.07, 6.45) is 0.757. The molecule has 0 fully saturated rings. The van der Waals surface area contributed by atoms with E-state index in [4.69, 9.17) is 4.74 Å². The number of aromatic nitrogens is 1. The lowest BCUT2D eigenvalue weighted by molar-refractivity contribution is 0.189. The van der Waals surface area contributed by atoms with Gasteiger partial charge < -0.3 is 14.2 Å². The Labute approximate surface area is 120 Å². The van der Waals surface area contributed by atoms with Gasteiger partial charge in [0, 0.05) is 39.0 Å². The number of aryl methyl sites for hydroxylation is 1. The van der Waals surface area contributed by atoms with Gasteiger partial charge in [-0.2, -0.15) is 5.26 Å². The van der Waals surface area contributed by atoms with Crippen LogP contribution in [-0.2, 0) is 11.3 Å². The Bertz CT molecular complexity index is 539. The van der Waals surface area contributed by atoms with Crippen LogP contribution in [0.1, 0.15) is 31.5 Å². The Hall–Kier alpha value is -1.80. The number of anilines is 1. The molecule has 1 aromatic heterocycles. The first-order valence-electron chi connectivity index (χ1n) is 6.99. The second kappa shape index (κ2) is 7.71. The van der Waals surface area contributed by atoms with Crippen molar-refractivity contribution in [2.24, 2.45) is 0 Å². The minimum absolute atomic E-state index is 0.203. The van der Waals surface area contributed by atoms with Crippen LogP contribution in [0.5, 0.6) is 0 Å². The van der Waals surface area contributed by atoms with E-state index < -0.39 is 0 Å². The number of ether oxygens (including phenoxy) is 1. The third-order valence-electron chi connectivity index (χ3n) is 3.43. The standard InChI is InChI=1S/C15H23N3O2/c1-5-17(6-2)14-10-12(3)18(8-7-9-20-4)15(19)13(14)11-16/h10H,5-9H2,1-4H3. The minimum Gasteiger partial charge on any atom is -0.385 e. The summed E-state index contributed by atoms with van der Waals surface area (Å²) in [6, 6.07) is 4.00. The largest absolute Gasteiger partial charge is 0.385 e. The maximum absolute atomic E-state index is 12.4. The van der Waals surface area contributed by atoms with Gasteiger partial charge in [0.2, 0.25) is 0 Å². The number of nitrogens with zero attached hydrogens (tertiary/aromatic N) is 3. The molecule has 1 heterocycles. The van der Waals surface area contributed by atoms with E-state index >= 15 is 0 Å². The highest BCUT2D eigenvalue weighted by atomic mass is 16.5. The third kappa shape index (κ3) is 3.40. The van der Waals surface area contributed by atoms with Gasteiger partial charge in [-0.1, -0.05) is 0 Å². The minimum atomic E-state index is -0.203. The van der Waals surface area contributed by atoms with Crippen molar-refractivity contribution in [2.75, 3.05) is 31.7 Å². The van der Waals surface area contributed by atoms with E-state index in [0.717, 1.165) is 30.9 Å². The second-order valence-electron chi connectivity index (χ2n) is 4.63. The number of rotatable bonds is 7. The molecule has 5 nitrogen and oxygen atoms in total. The quantitative estimate of drug-likeness (QED) is 0.714. The van der Waals surface area contributed by atoms with Crippen molar-refractivity contribution in [3.05, 3.63) is 27.7 Å². The van der Waals surface area contributed by atoms with E-state index in [0.29, 0.717) is 13.2 Å². The van der Waals surface area contributed by atoms with Crippen molar-refractivity contribution in [1.82, 2.24) is 4.57 Å². The van der Waals surface area contributed by atoms with Crippen molar-refractivity contribution in [3.63, 3.8) is 0 Å². The van der Waals surface area contributed by atoms with Gasteiger partial charge in [0.25, 0.3) is 5.56 Å². The van der Waals surface area contributed by atoms with Crippen molar-refractivity contribution in [1.29, 1.82) is 5.26 Å². The van der Waals surface area contributed by atoms with Gasteiger partial charge in [-0.15, -0.1) is 0 Å². The van der Waals surface area contributed by atoms with Crippen LogP contribution in [0.3, 0.4) is 0 Å². The third-order valence-corrected chi connectivity index (χ3v) is 3.43. The van der Waals surface area contributed by atoms with Crippen molar-refractivity contribution in [2.45, 2.75) is 33.7 Å². The van der Waals surface area contributed by atoms with Crippen LogP contribution in [0.2, 0.25) is 0 Å². The molecule has 0 aliphatic heterocycles. The fourth-order valence-corrected chi connectivity index (χ4v) is 2.32. The molecule has 0 aromatic carbocycles. The van der Waals surface area contributed by atoms with Crippen LogP contribution in [0, 0.1) is 18.3 Å². The van der Waals surface area contributed by atoms with Gasteiger partial charge in [0.15, 0.2) is 0 Å². The lowest BCUT2D eigenvalue weighted by Crippen LogP contribution is -2.31. The molecule has 0 saturated heterocycles. The fourth-order valence-electron chi connectivity index (χ4n) is 2.32. The molecule has 0 aliphatic carbocycles. The summed E-state index contributed by atoms with van der Waals surface area (Å²) in [5.74, 6) is 0. The Morgan fingerprint density at radius 1 is 1.40 bits per heavy atom. The zero-order valence-electron chi connectivity index (χ0n) is 12.8. The monoisotopic (exact) mass is 277 g/mol. The predicted octanol–water partition coefficient (Wildman–Crippen LogP) is 1.91. The topological polar surface area (TPSA) is 58.3 Å². The molecule has 0 bridgehead atoms. The van der Waals surface area contributed by atoms with Crippen molar-refractivity contribution >= 4 is 5.69 Å². The number of pyridine rings is 1. The fraction of sp³-hybridized carbons (Fsp3) is 0.600. The zero-order valence-corrected chi connectivity index (χ0v) is 12.8. The first-order valence-corrected chi connectivity index (χ1v) is 6.99. The van der Waals surface area contributed by atoms with E-state index in [9.17, 15) is 10.1 Å². The van der Waals surface area contributed by atoms with Gasteiger partial charge in [-0.3, -0.25) is 4.79 Å². The number of hydrogen-bond acceptors (Lipinski definition) is 4. The molecule has 0 N–H and O–H groups in total. The molecule has 0 saturated carbocycles. The Kier molecular flexibility index (Phi) is 6.26. The van der Waals surface area contributed by atoms with Crippen molar-refractivity contribution in [3.8, 4) is 6.07 Å². The summed E-state index contributed by atoms with van der Waals surface area (Å²) in [5, 5.41) is 9.31. The van der Waals surface area contributed by atoms with E-state index in [1.807, 2.05) is 31.7 Å². The second-order valence-corrected chi connectivity index (χ2v) is 4.63. The molecule has 20 heavy (non-hydrogen) atoms. The van der Waals surface area contributed by atoms with Crippen LogP contribution in [-0.4, -0.2) is 31.4 Å². The Morgan fingerprint density at radius 2 is 2.05 bits per heavy atom. The molecule has 0 atom stereocenters. The Morgan fingerprint density at radius 3 is 2.55 bits per heavy atom. The molecule has 0 spiro atoms. The van der Waals surface area contributed by atoms with Gasteiger partial charge in [0.05, 0.1) is 5.69 Å². The molecule has 1 aromatic rings. The molecule has 0 radical (unpaired) electrons. The molecule has 0 aliphatic rings. The summed E-state index contributed by atoms with van der Waals surface area (Å²) in [4.78, 5) is 14.5. The molecular weight excluding hydrogens is 254 g/mol. The van der Waals surface area contributed by atoms with Crippen LogP contribution < -0.4 is 10.5 Å². The zero-order chi connectivity index (χ0) is 15.1. The lowest BCUT2D eigenvalue weighted by atomic mass is 10.1. The molecule has 110 valence electrons. The summed E-state index contributed by atoms with van der Waals surface area (Å²) >= 11 is 0. The smallest absolute Gasteiger partial charge is 0.270 e. The molecule has 1 rings (SSSR count). The van der Waals surface area contributed by atoms with Gasteiger partial charge >= 0.3 is 0 Å². The summed E-state index contributed by atoms with van der Waals surface area (Å²) in [6.45, 7) is 8.67. The highest BCUT2D eigenvalue weighted by molar-refractivity contribution is 5.59. The lowest BCUT2D eigenvalue weighted by Gasteiger charge is -2.23. The average Bonchev–Trinajstić information content (AvgIpc) is 2.44. The number of methoxy groups -OCH3 is 1. The van der Waals surface area contributed by atoms with E-state index in [1.54, 1.807) is 11.7 Å². The summed E-state index contributed by atoms with van der Waals surface area (Å²) in [5.41, 5.74) is 1.65. The van der Waals surface area contributed by atoms with Crippen LogP contribution in [0.25, 0.3) is 0 Å². The normalized spacial score (nSPS) is 10.3. The molecule has 0 amide bonds. The van der Waals surface area contributed by atoms with Gasteiger partial charge in [-0.25, -0.2) is 0 Å². The highest BCUT2D eigenvalue weighted by Gasteiger charge is 2.16. The van der Waals surface area contributed by atoms with Crippen LogP contribution >= 0.6 is 0 Å². The number of nitriles is 1. The molecule has 5 heteroatoms. The Balaban J connectivity index is 3.27. The molecule has 0 unspecified atom stereocenters. The highest BCUT2D eigenvalue weighted by Crippen LogP contribution is 2.18. The van der Waals surface area contributed by atoms with Crippen LogP contribution in [0.4, 0.5) is 5.69 Å². The molecular formula is C15H23N3O2. The van der Waals surface area contributed by atoms with Gasteiger partial charge in [-0.05, 0) is 33.3 Å². The first-order chi connectivity index (χ1) is 9.60. The van der Waals surface area contributed by atoms with E-state index in [2.05, 4.69) is 6.07 Å².